The minimum absolute atomic E-state index is 0. The summed E-state index contributed by atoms with van der Waals surface area (Å²) >= 11 is 0. The molecule has 1 aromatic rings. The molecule has 144 valence electrons. The van der Waals surface area contributed by atoms with Crippen molar-refractivity contribution in [2.75, 3.05) is 27.2 Å². The van der Waals surface area contributed by atoms with Gasteiger partial charge in [0.25, 0.3) is 5.91 Å². The number of carbonyl (C=O) groups is 2. The lowest BCUT2D eigenvalue weighted by molar-refractivity contribution is -0.117. The standard InChI is InChI=1S/C18H27N5O2.HI/c1-4-5-6-11-23(3)18(20-2)22-12-14-7-9-15(10-8-14)17(25)21-13-16(19)24;/h4,7-10H,1,5-6,11-13H2,2-3H3,(H2,19,24)(H,20,22)(H,21,25);1H. The molecule has 4 N–H and O–H groups in total. The maximum atomic E-state index is 11.8. The highest BCUT2D eigenvalue weighted by Crippen LogP contribution is 2.05. The SMILES string of the molecule is C=CCCCN(C)C(=NC)NCc1ccc(C(=O)NCC(N)=O)cc1.I. The molecule has 7 nitrogen and oxygen atoms in total. The highest BCUT2D eigenvalue weighted by atomic mass is 127. The predicted octanol–water partition coefficient (Wildman–Crippen LogP) is 1.49. The molecular formula is C18H28IN5O2. The van der Waals surface area contributed by atoms with Crippen LogP contribution in [0.3, 0.4) is 0 Å². The van der Waals surface area contributed by atoms with Crippen molar-refractivity contribution in [1.82, 2.24) is 15.5 Å². The molecule has 2 amide bonds. The summed E-state index contributed by atoms with van der Waals surface area (Å²) in [6, 6.07) is 7.14. The van der Waals surface area contributed by atoms with Crippen molar-refractivity contribution in [2.45, 2.75) is 19.4 Å². The van der Waals surface area contributed by atoms with Crippen molar-refractivity contribution in [3.8, 4) is 0 Å². The molecule has 26 heavy (non-hydrogen) atoms. The second-order valence-electron chi connectivity index (χ2n) is 5.60. The van der Waals surface area contributed by atoms with Gasteiger partial charge in [-0.3, -0.25) is 14.6 Å². The number of primary amides is 1. The molecule has 0 atom stereocenters. The van der Waals surface area contributed by atoms with Crippen LogP contribution in [-0.2, 0) is 11.3 Å². The monoisotopic (exact) mass is 473 g/mol. The van der Waals surface area contributed by atoms with E-state index in [0.29, 0.717) is 12.1 Å². The van der Waals surface area contributed by atoms with Crippen LogP contribution in [0, 0.1) is 0 Å². The fourth-order valence-corrected chi connectivity index (χ4v) is 2.19. The van der Waals surface area contributed by atoms with Crippen LogP contribution in [-0.4, -0.2) is 49.9 Å². The zero-order valence-electron chi connectivity index (χ0n) is 15.3. The van der Waals surface area contributed by atoms with Crippen LogP contribution in [0.1, 0.15) is 28.8 Å². The normalized spacial score (nSPS) is 10.5. The quantitative estimate of drug-likeness (QED) is 0.166. The number of aliphatic imine (C=N–C) groups is 1. The van der Waals surface area contributed by atoms with Crippen LogP contribution >= 0.6 is 24.0 Å². The number of guanidine groups is 1. The number of allylic oxidation sites excluding steroid dienone is 1. The molecule has 0 fully saturated rings. The smallest absolute Gasteiger partial charge is 0.251 e. The van der Waals surface area contributed by atoms with Crippen LogP contribution < -0.4 is 16.4 Å². The summed E-state index contributed by atoms with van der Waals surface area (Å²) < 4.78 is 0. The zero-order chi connectivity index (χ0) is 18.7. The lowest BCUT2D eigenvalue weighted by Crippen LogP contribution is -2.39. The second kappa shape index (κ2) is 13.2. The predicted molar refractivity (Wildman–Crippen MR) is 116 cm³/mol. The van der Waals surface area contributed by atoms with Gasteiger partial charge in [-0.25, -0.2) is 0 Å². The lowest BCUT2D eigenvalue weighted by atomic mass is 10.1. The first-order chi connectivity index (χ1) is 12.0. The van der Waals surface area contributed by atoms with Gasteiger partial charge in [0.1, 0.15) is 0 Å². The van der Waals surface area contributed by atoms with Crippen molar-refractivity contribution >= 4 is 41.8 Å². The van der Waals surface area contributed by atoms with E-state index in [1.807, 2.05) is 25.3 Å². The number of nitrogens with zero attached hydrogens (tertiary/aromatic N) is 2. The summed E-state index contributed by atoms with van der Waals surface area (Å²) in [6.07, 6.45) is 3.90. The maximum Gasteiger partial charge on any atom is 0.251 e. The number of carbonyl (C=O) groups excluding carboxylic acids is 2. The van der Waals surface area contributed by atoms with Crippen molar-refractivity contribution < 1.29 is 9.59 Å². The fraction of sp³-hybridized carbons (Fsp3) is 0.389. The van der Waals surface area contributed by atoms with Crippen molar-refractivity contribution in [2.24, 2.45) is 10.7 Å². The average Bonchev–Trinajstić information content (AvgIpc) is 2.61. The molecule has 0 aliphatic rings. The van der Waals surface area contributed by atoms with E-state index in [1.54, 1.807) is 19.2 Å². The summed E-state index contributed by atoms with van der Waals surface area (Å²) in [5.41, 5.74) is 6.51. The first kappa shape index (κ1) is 23.9. The molecule has 0 spiro atoms. The maximum absolute atomic E-state index is 11.8. The molecule has 1 aromatic carbocycles. The molecule has 0 radical (unpaired) electrons. The van der Waals surface area contributed by atoms with Gasteiger partial charge in [-0.2, -0.15) is 0 Å². The highest BCUT2D eigenvalue weighted by molar-refractivity contribution is 14.0. The fourth-order valence-electron chi connectivity index (χ4n) is 2.19. The highest BCUT2D eigenvalue weighted by Gasteiger charge is 2.07. The topological polar surface area (TPSA) is 99.8 Å². The Morgan fingerprint density at radius 2 is 1.92 bits per heavy atom. The van der Waals surface area contributed by atoms with Gasteiger partial charge >= 0.3 is 0 Å². The van der Waals surface area contributed by atoms with Gasteiger partial charge in [0.05, 0.1) is 6.54 Å². The minimum atomic E-state index is -0.572. The van der Waals surface area contributed by atoms with E-state index < -0.39 is 5.91 Å². The molecular weight excluding hydrogens is 445 g/mol. The number of hydrogen-bond donors (Lipinski definition) is 3. The molecule has 1 rings (SSSR count). The lowest BCUT2D eigenvalue weighted by Gasteiger charge is -2.22. The van der Waals surface area contributed by atoms with Gasteiger partial charge in [0, 0.05) is 32.7 Å². The molecule has 0 aliphatic heterocycles. The summed E-state index contributed by atoms with van der Waals surface area (Å²) in [7, 11) is 3.74. The number of nitrogens with one attached hydrogen (secondary N) is 2. The molecule has 0 aromatic heterocycles. The van der Waals surface area contributed by atoms with E-state index in [9.17, 15) is 9.59 Å². The van der Waals surface area contributed by atoms with Gasteiger partial charge in [-0.05, 0) is 30.5 Å². The largest absolute Gasteiger partial charge is 0.368 e. The third-order valence-electron chi connectivity index (χ3n) is 3.57. The van der Waals surface area contributed by atoms with Crippen LogP contribution in [0.15, 0.2) is 41.9 Å². The summed E-state index contributed by atoms with van der Waals surface area (Å²) in [5, 5.41) is 5.74. The number of unbranched alkanes of at least 4 members (excludes halogenated alkanes) is 1. The van der Waals surface area contributed by atoms with Gasteiger partial charge in [-0.1, -0.05) is 18.2 Å². The van der Waals surface area contributed by atoms with Gasteiger partial charge in [0.2, 0.25) is 5.91 Å². The third kappa shape index (κ3) is 8.84. The Kier molecular flexibility index (Phi) is 12.1. The number of halogens is 1. The molecule has 0 saturated carbocycles. The van der Waals surface area contributed by atoms with Crippen LogP contribution in [0.4, 0.5) is 0 Å². The van der Waals surface area contributed by atoms with E-state index in [0.717, 1.165) is 30.9 Å². The van der Waals surface area contributed by atoms with Crippen LogP contribution in [0.25, 0.3) is 0 Å². The van der Waals surface area contributed by atoms with E-state index >= 15 is 0 Å². The zero-order valence-corrected chi connectivity index (χ0v) is 17.7. The third-order valence-corrected chi connectivity index (χ3v) is 3.57. The molecule has 8 heteroatoms. The molecule has 0 unspecified atom stereocenters. The van der Waals surface area contributed by atoms with E-state index in [1.165, 1.54) is 0 Å². The summed E-state index contributed by atoms with van der Waals surface area (Å²) in [6.45, 7) is 5.04. The Morgan fingerprint density at radius 3 is 2.46 bits per heavy atom. The average molecular weight is 473 g/mol. The minimum Gasteiger partial charge on any atom is -0.368 e. The first-order valence-electron chi connectivity index (χ1n) is 8.16. The first-order valence-corrected chi connectivity index (χ1v) is 8.16. The van der Waals surface area contributed by atoms with Crippen molar-refractivity contribution in [1.29, 1.82) is 0 Å². The number of hydrogen-bond acceptors (Lipinski definition) is 3. The number of amides is 2. The number of rotatable bonds is 9. The van der Waals surface area contributed by atoms with E-state index in [2.05, 4.69) is 27.1 Å². The Balaban J connectivity index is 0.00000625. The van der Waals surface area contributed by atoms with Crippen molar-refractivity contribution in [3.05, 3.63) is 48.0 Å². The van der Waals surface area contributed by atoms with E-state index in [4.69, 9.17) is 5.73 Å². The van der Waals surface area contributed by atoms with Gasteiger partial charge in [-0.15, -0.1) is 30.6 Å². The Labute approximate surface area is 172 Å². The van der Waals surface area contributed by atoms with Crippen molar-refractivity contribution in [3.63, 3.8) is 0 Å². The molecule has 0 bridgehead atoms. The Morgan fingerprint density at radius 1 is 1.27 bits per heavy atom. The Hall–Kier alpha value is -2.10. The van der Waals surface area contributed by atoms with Gasteiger partial charge in [0.15, 0.2) is 5.96 Å². The van der Waals surface area contributed by atoms with Crippen LogP contribution in [0.2, 0.25) is 0 Å². The Bertz CT molecular complexity index is 617. The van der Waals surface area contributed by atoms with E-state index in [-0.39, 0.29) is 36.4 Å². The van der Waals surface area contributed by atoms with Gasteiger partial charge < -0.3 is 21.3 Å². The van der Waals surface area contributed by atoms with Crippen LogP contribution in [0.5, 0.6) is 0 Å². The number of nitrogens with two attached hydrogens (primary N) is 1. The molecule has 0 aliphatic carbocycles. The second-order valence-corrected chi connectivity index (χ2v) is 5.60. The number of benzene rings is 1. The molecule has 0 heterocycles. The molecule has 0 saturated heterocycles. The summed E-state index contributed by atoms with van der Waals surface area (Å²) in [5.74, 6) is -0.0822. The summed E-state index contributed by atoms with van der Waals surface area (Å²) in [4.78, 5) is 28.8.